The molecule has 0 bridgehead atoms. The van der Waals surface area contributed by atoms with Crippen molar-refractivity contribution in [1.82, 2.24) is 9.80 Å². The summed E-state index contributed by atoms with van der Waals surface area (Å²) < 4.78 is 0. The summed E-state index contributed by atoms with van der Waals surface area (Å²) in [7, 11) is 0. The van der Waals surface area contributed by atoms with Gasteiger partial charge in [0.05, 0.1) is 0 Å². The van der Waals surface area contributed by atoms with E-state index < -0.39 is 0 Å². The van der Waals surface area contributed by atoms with E-state index in [1.807, 2.05) is 0 Å². The van der Waals surface area contributed by atoms with Crippen LogP contribution in [0.1, 0.15) is 252 Å². The largest absolute Gasteiger partial charge is 0.356 e. The summed E-state index contributed by atoms with van der Waals surface area (Å²) >= 11 is 0. The number of hydrogen-bond acceptors (Lipinski definition) is 2. The van der Waals surface area contributed by atoms with E-state index in [1.165, 1.54) is 244 Å². The fraction of sp³-hybridized carbons (Fsp3) is 0.955. The lowest BCUT2D eigenvalue weighted by Gasteiger charge is -2.33. The Morgan fingerprint density at radius 2 is 0.500 bits per heavy atom. The molecule has 0 aromatic carbocycles. The van der Waals surface area contributed by atoms with Crippen LogP contribution in [0.5, 0.6) is 0 Å². The highest BCUT2D eigenvalue weighted by atomic mass is 15.4. The van der Waals surface area contributed by atoms with Gasteiger partial charge in [-0.1, -0.05) is 226 Å². The van der Waals surface area contributed by atoms with E-state index in [0.29, 0.717) is 6.17 Å². The first-order valence-corrected chi connectivity index (χ1v) is 22.0. The van der Waals surface area contributed by atoms with Crippen molar-refractivity contribution in [2.45, 2.75) is 258 Å². The van der Waals surface area contributed by atoms with Crippen LogP contribution in [0.25, 0.3) is 0 Å². The van der Waals surface area contributed by atoms with Crippen LogP contribution < -0.4 is 0 Å². The molecular weight excluding hydrogens is 556 g/mol. The lowest BCUT2D eigenvalue weighted by molar-refractivity contribution is 0.135. The van der Waals surface area contributed by atoms with Gasteiger partial charge in [-0.3, -0.25) is 0 Å². The molecule has 0 saturated carbocycles. The zero-order chi connectivity index (χ0) is 33.0. The molecular formula is C44H88N2. The Kier molecular flexibility index (Phi) is 33.6. The fourth-order valence-corrected chi connectivity index (χ4v) is 7.60. The first-order valence-electron chi connectivity index (χ1n) is 22.0. The van der Waals surface area contributed by atoms with Gasteiger partial charge < -0.3 is 9.80 Å². The molecule has 0 aromatic heterocycles. The van der Waals surface area contributed by atoms with Crippen LogP contribution in [-0.2, 0) is 0 Å². The third-order valence-corrected chi connectivity index (χ3v) is 10.8. The minimum absolute atomic E-state index is 0.638. The molecule has 2 nitrogen and oxygen atoms in total. The Morgan fingerprint density at radius 1 is 0.283 bits per heavy atom. The van der Waals surface area contributed by atoms with Gasteiger partial charge in [0.1, 0.15) is 6.17 Å². The standard InChI is InChI=1S/C44H88N2/c1-4-7-10-13-16-19-21-22-23-24-25-27-29-32-35-38-41-46-43-42-45(44(46)39-36-33-30-18-15-12-9-6-3)40-37-34-31-28-26-20-17-14-11-8-5-2/h42-44H,4-41H2,1-3H3. The Morgan fingerprint density at radius 3 is 0.761 bits per heavy atom. The number of rotatable bonds is 38. The van der Waals surface area contributed by atoms with E-state index in [4.69, 9.17) is 0 Å². The Hall–Kier alpha value is -0.660. The van der Waals surface area contributed by atoms with Crippen LogP contribution in [0.15, 0.2) is 12.4 Å². The van der Waals surface area contributed by atoms with E-state index in [-0.39, 0.29) is 0 Å². The Labute approximate surface area is 292 Å². The van der Waals surface area contributed by atoms with Gasteiger partial charge in [-0.15, -0.1) is 0 Å². The van der Waals surface area contributed by atoms with Crippen molar-refractivity contribution >= 4 is 0 Å². The minimum Gasteiger partial charge on any atom is -0.356 e. The van der Waals surface area contributed by atoms with Crippen molar-refractivity contribution in [2.75, 3.05) is 13.1 Å². The molecule has 1 atom stereocenters. The number of unbranched alkanes of at least 4 members (excludes halogenated alkanes) is 32. The van der Waals surface area contributed by atoms with Gasteiger partial charge in [-0.2, -0.15) is 0 Å². The lowest BCUT2D eigenvalue weighted by Crippen LogP contribution is -2.39. The smallest absolute Gasteiger partial charge is 0.101 e. The quantitative estimate of drug-likeness (QED) is 0.0617. The van der Waals surface area contributed by atoms with E-state index >= 15 is 0 Å². The van der Waals surface area contributed by atoms with Crippen molar-refractivity contribution in [3.05, 3.63) is 12.4 Å². The second-order valence-electron chi connectivity index (χ2n) is 15.4. The first kappa shape index (κ1) is 43.4. The van der Waals surface area contributed by atoms with Crippen molar-refractivity contribution in [2.24, 2.45) is 0 Å². The van der Waals surface area contributed by atoms with Gasteiger partial charge in [0.25, 0.3) is 0 Å². The predicted octanol–water partition coefficient (Wildman–Crippen LogP) is 15.5. The SMILES string of the molecule is CCCCCCCCCCCCCCCCCCN1C=CN(CCCCCCCCCCCCC)C1CCCCCCCCCC. The molecule has 2 heteroatoms. The molecule has 0 aliphatic carbocycles. The summed E-state index contributed by atoms with van der Waals surface area (Å²) in [5, 5.41) is 0. The van der Waals surface area contributed by atoms with Crippen LogP contribution in [0.3, 0.4) is 0 Å². The second kappa shape index (κ2) is 35.6. The van der Waals surface area contributed by atoms with Crippen molar-refractivity contribution in [1.29, 1.82) is 0 Å². The minimum atomic E-state index is 0.638. The molecule has 0 spiro atoms. The molecule has 0 saturated heterocycles. The average molecular weight is 645 g/mol. The monoisotopic (exact) mass is 645 g/mol. The van der Waals surface area contributed by atoms with E-state index in [1.54, 1.807) is 0 Å². The summed E-state index contributed by atoms with van der Waals surface area (Å²) in [6, 6.07) is 0. The molecule has 46 heavy (non-hydrogen) atoms. The maximum atomic E-state index is 2.73. The van der Waals surface area contributed by atoms with Gasteiger partial charge in [-0.25, -0.2) is 0 Å². The molecule has 0 fully saturated rings. The first-order chi connectivity index (χ1) is 22.8. The van der Waals surface area contributed by atoms with Crippen LogP contribution in [-0.4, -0.2) is 29.1 Å². The van der Waals surface area contributed by atoms with Gasteiger partial charge in [0, 0.05) is 25.5 Å². The van der Waals surface area contributed by atoms with Gasteiger partial charge in [0.2, 0.25) is 0 Å². The lowest BCUT2D eigenvalue weighted by atomic mass is 10.0. The molecule has 0 aromatic rings. The van der Waals surface area contributed by atoms with Crippen LogP contribution in [0, 0.1) is 0 Å². The molecule has 1 unspecified atom stereocenters. The summed E-state index contributed by atoms with van der Waals surface area (Å²) in [5.74, 6) is 0. The number of nitrogens with zero attached hydrogens (tertiary/aromatic N) is 2. The van der Waals surface area contributed by atoms with Crippen LogP contribution in [0.2, 0.25) is 0 Å². The highest BCUT2D eigenvalue weighted by Crippen LogP contribution is 2.24. The summed E-state index contributed by atoms with van der Waals surface area (Å²) in [5.41, 5.74) is 0. The Bertz CT molecular complexity index is 601. The zero-order valence-electron chi connectivity index (χ0n) is 32.5. The molecule has 1 rings (SSSR count). The topological polar surface area (TPSA) is 6.48 Å². The maximum Gasteiger partial charge on any atom is 0.101 e. The third kappa shape index (κ3) is 27.3. The van der Waals surface area contributed by atoms with E-state index in [2.05, 4.69) is 43.0 Å². The zero-order valence-corrected chi connectivity index (χ0v) is 32.5. The number of hydrogen-bond donors (Lipinski definition) is 0. The predicted molar refractivity (Wildman–Crippen MR) is 210 cm³/mol. The average Bonchev–Trinajstić information content (AvgIpc) is 3.45. The molecule has 0 amide bonds. The van der Waals surface area contributed by atoms with Crippen LogP contribution >= 0.6 is 0 Å². The molecule has 0 N–H and O–H groups in total. The highest BCUT2D eigenvalue weighted by Gasteiger charge is 2.24. The summed E-state index contributed by atoms with van der Waals surface area (Å²) in [6.07, 6.45) is 57.4. The normalized spacial score (nSPS) is 14.7. The van der Waals surface area contributed by atoms with Crippen molar-refractivity contribution in [3.63, 3.8) is 0 Å². The van der Waals surface area contributed by atoms with Crippen molar-refractivity contribution in [3.8, 4) is 0 Å². The Balaban J connectivity index is 2.16. The third-order valence-electron chi connectivity index (χ3n) is 10.8. The fourth-order valence-electron chi connectivity index (χ4n) is 7.60. The van der Waals surface area contributed by atoms with Crippen LogP contribution in [0.4, 0.5) is 0 Å². The molecule has 1 aliphatic rings. The maximum absolute atomic E-state index is 2.73. The molecule has 274 valence electrons. The van der Waals surface area contributed by atoms with Crippen molar-refractivity contribution < 1.29 is 0 Å². The molecule has 1 heterocycles. The molecule has 1 aliphatic heterocycles. The molecule has 0 radical (unpaired) electrons. The van der Waals surface area contributed by atoms with Gasteiger partial charge in [0.15, 0.2) is 0 Å². The summed E-state index contributed by atoms with van der Waals surface area (Å²) in [6.45, 7) is 9.49. The van der Waals surface area contributed by atoms with E-state index in [0.717, 1.165) is 0 Å². The summed E-state index contributed by atoms with van der Waals surface area (Å²) in [4.78, 5) is 5.45. The second-order valence-corrected chi connectivity index (χ2v) is 15.4. The van der Waals surface area contributed by atoms with E-state index in [9.17, 15) is 0 Å². The highest BCUT2D eigenvalue weighted by molar-refractivity contribution is 4.97. The van der Waals surface area contributed by atoms with Gasteiger partial charge in [-0.05, 0) is 25.7 Å². The van der Waals surface area contributed by atoms with Gasteiger partial charge >= 0.3 is 0 Å².